The fourth-order valence-corrected chi connectivity index (χ4v) is 2.75. The van der Waals surface area contributed by atoms with Crippen molar-refractivity contribution in [2.45, 2.75) is 78.1 Å². The largest absolute Gasteiger partial charge is 0.492 e. The van der Waals surface area contributed by atoms with Gasteiger partial charge in [-0.15, -0.1) is 0 Å². The second-order valence-corrected chi connectivity index (χ2v) is 6.59. The maximum absolute atomic E-state index is 9.38. The second kappa shape index (κ2) is 14.0. The maximum atomic E-state index is 9.38. The van der Waals surface area contributed by atoms with Crippen LogP contribution in [0, 0.1) is 22.7 Å². The summed E-state index contributed by atoms with van der Waals surface area (Å²) in [5, 5.41) is 18.8. The van der Waals surface area contributed by atoms with E-state index in [2.05, 4.69) is 26.0 Å². The number of nitriles is 2. The highest BCUT2D eigenvalue weighted by molar-refractivity contribution is 5.56. The van der Waals surface area contributed by atoms with E-state index >= 15 is 0 Å². The van der Waals surface area contributed by atoms with Gasteiger partial charge in [0.05, 0.1) is 24.3 Å². The van der Waals surface area contributed by atoms with Gasteiger partial charge in [-0.2, -0.15) is 10.5 Å². The molecule has 0 aliphatic heterocycles. The summed E-state index contributed by atoms with van der Waals surface area (Å²) >= 11 is 0. The number of benzene rings is 1. The minimum atomic E-state index is 0.429. The van der Waals surface area contributed by atoms with Gasteiger partial charge in [-0.1, -0.05) is 65.2 Å². The fourth-order valence-electron chi connectivity index (χ4n) is 2.75. The van der Waals surface area contributed by atoms with Crippen molar-refractivity contribution in [2.24, 2.45) is 0 Å². The van der Waals surface area contributed by atoms with Crippen molar-refractivity contribution < 1.29 is 9.47 Å². The Labute approximate surface area is 158 Å². The maximum Gasteiger partial charge on any atom is 0.138 e. The van der Waals surface area contributed by atoms with Crippen LogP contribution >= 0.6 is 0 Å². The Morgan fingerprint density at radius 2 is 1.04 bits per heavy atom. The van der Waals surface area contributed by atoms with Crippen molar-refractivity contribution in [3.8, 4) is 23.6 Å². The molecule has 0 aliphatic rings. The third kappa shape index (κ3) is 8.26. The first-order chi connectivity index (χ1) is 12.8. The van der Waals surface area contributed by atoms with E-state index in [0.717, 1.165) is 25.7 Å². The van der Waals surface area contributed by atoms with E-state index in [1.54, 1.807) is 12.1 Å². The van der Waals surface area contributed by atoms with Crippen LogP contribution in [-0.4, -0.2) is 13.2 Å². The Kier molecular flexibility index (Phi) is 11.8. The molecule has 0 atom stereocenters. The normalized spacial score (nSPS) is 10.2. The van der Waals surface area contributed by atoms with E-state index in [4.69, 9.17) is 9.47 Å². The predicted molar refractivity (Wildman–Crippen MR) is 104 cm³/mol. The SMILES string of the molecule is CCCCCCCOc1cc(C#N)c(OCCCCCCC)cc1C#N. The van der Waals surface area contributed by atoms with E-state index in [-0.39, 0.29) is 0 Å². The highest BCUT2D eigenvalue weighted by atomic mass is 16.5. The third-order valence-electron chi connectivity index (χ3n) is 4.33. The summed E-state index contributed by atoms with van der Waals surface area (Å²) in [6.45, 7) is 5.52. The van der Waals surface area contributed by atoms with Gasteiger partial charge in [0.2, 0.25) is 0 Å². The Morgan fingerprint density at radius 1 is 0.654 bits per heavy atom. The van der Waals surface area contributed by atoms with Crippen LogP contribution in [0.25, 0.3) is 0 Å². The van der Waals surface area contributed by atoms with E-state index in [1.165, 1.54) is 38.5 Å². The predicted octanol–water partition coefficient (Wildman–Crippen LogP) is 6.13. The first-order valence-corrected chi connectivity index (χ1v) is 10.0. The standard InChI is InChI=1S/C22H32N2O2/c1-3-5-7-9-11-13-25-21-15-20(18-24)22(16-19(21)17-23)26-14-12-10-8-6-4-2/h15-16H,3-14H2,1-2H3. The fraction of sp³-hybridized carbons (Fsp3) is 0.636. The number of hydrogen-bond donors (Lipinski definition) is 0. The molecular formula is C22H32N2O2. The molecule has 0 fully saturated rings. The molecule has 1 aromatic rings. The zero-order valence-electron chi connectivity index (χ0n) is 16.4. The van der Waals surface area contributed by atoms with Crippen molar-refractivity contribution in [1.82, 2.24) is 0 Å². The molecular weight excluding hydrogens is 324 g/mol. The molecule has 1 aromatic carbocycles. The molecule has 4 heteroatoms. The number of rotatable bonds is 14. The van der Waals surface area contributed by atoms with Crippen molar-refractivity contribution in [3.63, 3.8) is 0 Å². The van der Waals surface area contributed by atoms with Gasteiger partial charge in [0.15, 0.2) is 0 Å². The van der Waals surface area contributed by atoms with Crippen LogP contribution in [0.15, 0.2) is 12.1 Å². The average Bonchev–Trinajstić information content (AvgIpc) is 2.67. The van der Waals surface area contributed by atoms with Crippen molar-refractivity contribution in [3.05, 3.63) is 23.3 Å². The summed E-state index contributed by atoms with van der Waals surface area (Å²) < 4.78 is 11.5. The van der Waals surface area contributed by atoms with E-state index in [1.807, 2.05) is 0 Å². The van der Waals surface area contributed by atoms with E-state index in [0.29, 0.717) is 35.8 Å². The molecule has 0 bridgehead atoms. The van der Waals surface area contributed by atoms with Gasteiger partial charge in [-0.05, 0) is 12.8 Å². The Balaban J connectivity index is 2.57. The lowest BCUT2D eigenvalue weighted by Gasteiger charge is -2.12. The van der Waals surface area contributed by atoms with Crippen LogP contribution in [-0.2, 0) is 0 Å². The lowest BCUT2D eigenvalue weighted by atomic mass is 10.1. The number of ether oxygens (including phenoxy) is 2. The van der Waals surface area contributed by atoms with Gasteiger partial charge in [0, 0.05) is 12.1 Å². The lowest BCUT2D eigenvalue weighted by Crippen LogP contribution is -2.03. The minimum Gasteiger partial charge on any atom is -0.492 e. The average molecular weight is 357 g/mol. The topological polar surface area (TPSA) is 66.0 Å². The molecule has 142 valence electrons. The zero-order chi connectivity index (χ0) is 19.0. The van der Waals surface area contributed by atoms with Crippen molar-refractivity contribution >= 4 is 0 Å². The van der Waals surface area contributed by atoms with Gasteiger partial charge in [0.25, 0.3) is 0 Å². The van der Waals surface area contributed by atoms with Crippen LogP contribution < -0.4 is 9.47 Å². The van der Waals surface area contributed by atoms with Gasteiger partial charge in [-0.25, -0.2) is 0 Å². The minimum absolute atomic E-state index is 0.429. The molecule has 0 amide bonds. The molecule has 0 saturated carbocycles. The molecule has 0 heterocycles. The monoisotopic (exact) mass is 356 g/mol. The molecule has 0 spiro atoms. The molecule has 1 rings (SSSR count). The first kappa shape index (κ1) is 21.8. The summed E-state index contributed by atoms with van der Waals surface area (Å²) in [6, 6.07) is 7.58. The highest BCUT2D eigenvalue weighted by Gasteiger charge is 2.12. The van der Waals surface area contributed by atoms with Crippen LogP contribution in [0.3, 0.4) is 0 Å². The number of unbranched alkanes of at least 4 members (excludes halogenated alkanes) is 8. The molecule has 0 saturated heterocycles. The van der Waals surface area contributed by atoms with Gasteiger partial charge < -0.3 is 9.47 Å². The van der Waals surface area contributed by atoms with Crippen LogP contribution in [0.5, 0.6) is 11.5 Å². The van der Waals surface area contributed by atoms with Crippen molar-refractivity contribution in [1.29, 1.82) is 10.5 Å². The van der Waals surface area contributed by atoms with Gasteiger partial charge >= 0.3 is 0 Å². The number of hydrogen-bond acceptors (Lipinski definition) is 4. The highest BCUT2D eigenvalue weighted by Crippen LogP contribution is 2.28. The zero-order valence-corrected chi connectivity index (χ0v) is 16.4. The lowest BCUT2D eigenvalue weighted by molar-refractivity contribution is 0.295. The van der Waals surface area contributed by atoms with Gasteiger partial charge in [-0.3, -0.25) is 0 Å². The molecule has 0 aliphatic carbocycles. The molecule has 4 nitrogen and oxygen atoms in total. The number of nitrogens with zero attached hydrogens (tertiary/aromatic N) is 2. The second-order valence-electron chi connectivity index (χ2n) is 6.59. The molecule has 0 radical (unpaired) electrons. The summed E-state index contributed by atoms with van der Waals surface area (Å²) in [5.74, 6) is 0.963. The molecule has 26 heavy (non-hydrogen) atoms. The Hall–Kier alpha value is -2.20. The van der Waals surface area contributed by atoms with Gasteiger partial charge in [0.1, 0.15) is 23.6 Å². The third-order valence-corrected chi connectivity index (χ3v) is 4.33. The summed E-state index contributed by atoms with van der Waals surface area (Å²) in [7, 11) is 0. The summed E-state index contributed by atoms with van der Waals surface area (Å²) in [4.78, 5) is 0. The molecule has 0 N–H and O–H groups in total. The summed E-state index contributed by atoms with van der Waals surface area (Å²) in [6.07, 6.45) is 11.5. The summed E-state index contributed by atoms with van der Waals surface area (Å²) in [5.41, 5.74) is 0.858. The van der Waals surface area contributed by atoms with E-state index < -0.39 is 0 Å². The van der Waals surface area contributed by atoms with E-state index in [9.17, 15) is 10.5 Å². The Morgan fingerprint density at radius 3 is 1.38 bits per heavy atom. The van der Waals surface area contributed by atoms with Crippen molar-refractivity contribution in [2.75, 3.05) is 13.2 Å². The Bertz CT molecular complexity index is 546. The first-order valence-electron chi connectivity index (χ1n) is 10.0. The quantitative estimate of drug-likeness (QED) is 0.376. The van der Waals surface area contributed by atoms with Crippen LogP contribution in [0.2, 0.25) is 0 Å². The molecule has 0 unspecified atom stereocenters. The smallest absolute Gasteiger partial charge is 0.138 e. The van der Waals surface area contributed by atoms with Crippen LogP contribution in [0.4, 0.5) is 0 Å². The van der Waals surface area contributed by atoms with Crippen LogP contribution in [0.1, 0.15) is 89.2 Å². The molecule has 0 aromatic heterocycles.